The molecule has 0 heterocycles. The van der Waals surface area contributed by atoms with Gasteiger partial charge in [0.25, 0.3) is 5.91 Å². The Labute approximate surface area is 124 Å². The number of halogens is 1. The van der Waals surface area contributed by atoms with Crippen LogP contribution in [0.15, 0.2) is 18.2 Å². The van der Waals surface area contributed by atoms with E-state index < -0.39 is 0 Å². The van der Waals surface area contributed by atoms with Gasteiger partial charge >= 0.3 is 0 Å². The van der Waals surface area contributed by atoms with Crippen LogP contribution >= 0.6 is 11.6 Å². The van der Waals surface area contributed by atoms with Crippen molar-refractivity contribution in [2.45, 2.75) is 38.6 Å². The zero-order chi connectivity index (χ0) is 14.3. The number of anilines is 1. The molecule has 1 aromatic carbocycles. The monoisotopic (exact) mass is 292 g/mol. The van der Waals surface area contributed by atoms with Crippen LogP contribution in [0.4, 0.5) is 5.69 Å². The fourth-order valence-corrected chi connectivity index (χ4v) is 4.22. The fraction of sp³-hybridized carbons (Fsp3) is 0.562. The summed E-state index contributed by atoms with van der Waals surface area (Å²) in [6, 6.07) is 5.23. The molecule has 3 nitrogen and oxygen atoms in total. The molecule has 4 unspecified atom stereocenters. The third kappa shape index (κ3) is 2.51. The molecule has 4 atom stereocenters. The summed E-state index contributed by atoms with van der Waals surface area (Å²) in [7, 11) is 0. The minimum absolute atomic E-state index is 0.113. The molecule has 0 spiro atoms. The Hall–Kier alpha value is -1.22. The van der Waals surface area contributed by atoms with Crippen LogP contribution in [0.3, 0.4) is 0 Å². The molecular weight excluding hydrogens is 272 g/mol. The lowest BCUT2D eigenvalue weighted by Gasteiger charge is -2.28. The number of carbonyl (C=O) groups excluding carboxylic acids is 1. The van der Waals surface area contributed by atoms with E-state index in [1.165, 1.54) is 25.7 Å². The second kappa shape index (κ2) is 5.28. The molecule has 2 saturated carbocycles. The Bertz CT molecular complexity index is 531. The third-order valence-corrected chi connectivity index (χ3v) is 5.36. The maximum Gasteiger partial charge on any atom is 0.253 e. The van der Waals surface area contributed by atoms with Crippen molar-refractivity contribution >= 4 is 23.2 Å². The molecule has 1 aromatic rings. The average Bonchev–Trinajstić information content (AvgIpc) is 3.03. The van der Waals surface area contributed by atoms with Crippen molar-refractivity contribution in [3.05, 3.63) is 28.8 Å². The van der Waals surface area contributed by atoms with E-state index in [1.807, 2.05) is 0 Å². The molecular formula is C16H21ClN2O. The Kier molecular flexibility index (Phi) is 3.63. The van der Waals surface area contributed by atoms with Crippen molar-refractivity contribution in [1.82, 2.24) is 5.32 Å². The van der Waals surface area contributed by atoms with Crippen molar-refractivity contribution < 1.29 is 4.79 Å². The van der Waals surface area contributed by atoms with Crippen LogP contribution in [0.25, 0.3) is 0 Å². The molecule has 2 bridgehead atoms. The van der Waals surface area contributed by atoms with E-state index in [4.69, 9.17) is 17.3 Å². The normalized spacial score (nSPS) is 29.4. The molecule has 2 aliphatic rings. The van der Waals surface area contributed by atoms with Gasteiger partial charge in [-0.15, -0.1) is 0 Å². The van der Waals surface area contributed by atoms with Gasteiger partial charge in [-0.3, -0.25) is 4.79 Å². The summed E-state index contributed by atoms with van der Waals surface area (Å²) in [5.41, 5.74) is 6.76. The molecule has 108 valence electrons. The first-order valence-electron chi connectivity index (χ1n) is 7.40. The van der Waals surface area contributed by atoms with Crippen molar-refractivity contribution in [2.24, 2.45) is 17.8 Å². The summed E-state index contributed by atoms with van der Waals surface area (Å²) < 4.78 is 0. The summed E-state index contributed by atoms with van der Waals surface area (Å²) in [5.74, 6) is 2.20. The molecule has 3 N–H and O–H groups in total. The second-order valence-electron chi connectivity index (χ2n) is 6.34. The van der Waals surface area contributed by atoms with Crippen molar-refractivity contribution in [1.29, 1.82) is 0 Å². The van der Waals surface area contributed by atoms with Crippen molar-refractivity contribution in [2.75, 3.05) is 5.73 Å². The molecule has 2 fully saturated rings. The lowest BCUT2D eigenvalue weighted by Crippen LogP contribution is -2.40. The average molecular weight is 293 g/mol. The number of nitrogen functional groups attached to an aromatic ring is 1. The van der Waals surface area contributed by atoms with Gasteiger partial charge in [0, 0.05) is 11.7 Å². The van der Waals surface area contributed by atoms with Gasteiger partial charge in [0.05, 0.1) is 10.6 Å². The highest BCUT2D eigenvalue weighted by molar-refractivity contribution is 6.34. The molecule has 4 heteroatoms. The Morgan fingerprint density at radius 1 is 1.40 bits per heavy atom. The van der Waals surface area contributed by atoms with Gasteiger partial charge in [0.2, 0.25) is 0 Å². The van der Waals surface area contributed by atoms with Crippen LogP contribution in [-0.4, -0.2) is 11.9 Å². The highest BCUT2D eigenvalue weighted by atomic mass is 35.5. The molecule has 0 saturated heterocycles. The van der Waals surface area contributed by atoms with Crippen LogP contribution < -0.4 is 11.1 Å². The van der Waals surface area contributed by atoms with Gasteiger partial charge in [-0.25, -0.2) is 0 Å². The molecule has 1 amide bonds. The molecule has 3 rings (SSSR count). The maximum absolute atomic E-state index is 12.3. The highest BCUT2D eigenvalue weighted by Gasteiger charge is 2.42. The topological polar surface area (TPSA) is 55.1 Å². The van der Waals surface area contributed by atoms with Crippen molar-refractivity contribution in [3.63, 3.8) is 0 Å². The quantitative estimate of drug-likeness (QED) is 0.838. The number of nitrogens with one attached hydrogen (secondary N) is 1. The predicted octanol–water partition coefficient (Wildman–Crippen LogP) is 3.48. The van der Waals surface area contributed by atoms with Crippen LogP contribution in [0.5, 0.6) is 0 Å². The number of rotatable bonds is 3. The Balaban J connectivity index is 1.68. The third-order valence-electron chi connectivity index (χ3n) is 5.03. The molecule has 0 radical (unpaired) electrons. The lowest BCUT2D eigenvalue weighted by atomic mass is 9.84. The van der Waals surface area contributed by atoms with Gasteiger partial charge in [-0.2, -0.15) is 0 Å². The molecule has 2 aliphatic carbocycles. The highest BCUT2D eigenvalue weighted by Crippen LogP contribution is 2.49. The first-order valence-corrected chi connectivity index (χ1v) is 7.78. The number of hydrogen-bond acceptors (Lipinski definition) is 2. The summed E-state index contributed by atoms with van der Waals surface area (Å²) in [5, 5.41) is 3.57. The van der Waals surface area contributed by atoms with E-state index >= 15 is 0 Å². The van der Waals surface area contributed by atoms with Crippen molar-refractivity contribution in [3.8, 4) is 0 Å². The smallest absolute Gasteiger partial charge is 0.253 e. The van der Waals surface area contributed by atoms with Gasteiger partial charge in [-0.1, -0.05) is 18.0 Å². The van der Waals surface area contributed by atoms with Gasteiger partial charge < -0.3 is 11.1 Å². The summed E-state index contributed by atoms with van der Waals surface area (Å²) in [6.07, 6.45) is 5.32. The number of carbonyl (C=O) groups is 1. The number of hydrogen-bond donors (Lipinski definition) is 2. The van der Waals surface area contributed by atoms with Gasteiger partial charge in [0.1, 0.15) is 0 Å². The van der Waals surface area contributed by atoms with Gasteiger partial charge in [0.15, 0.2) is 0 Å². The van der Waals surface area contributed by atoms with E-state index in [1.54, 1.807) is 18.2 Å². The first-order chi connectivity index (χ1) is 9.54. The van der Waals surface area contributed by atoms with Crippen LogP contribution in [0.1, 0.15) is 43.0 Å². The van der Waals surface area contributed by atoms with Crippen LogP contribution in [0, 0.1) is 17.8 Å². The lowest BCUT2D eigenvalue weighted by molar-refractivity contribution is 0.0915. The number of fused-ring (bicyclic) bond motifs is 2. The largest absolute Gasteiger partial charge is 0.399 e. The standard InChI is InChI=1S/C16H21ClN2O/c1-9(13-7-10-2-3-11(13)6-10)19-16(20)14-8-12(18)4-5-15(14)17/h4-5,8-11,13H,2-3,6-7,18H2,1H3,(H,19,20). The Morgan fingerprint density at radius 2 is 2.20 bits per heavy atom. The predicted molar refractivity (Wildman–Crippen MR) is 81.7 cm³/mol. The zero-order valence-corrected chi connectivity index (χ0v) is 12.5. The van der Waals surface area contributed by atoms with E-state index in [2.05, 4.69) is 12.2 Å². The van der Waals surface area contributed by atoms with E-state index in [-0.39, 0.29) is 11.9 Å². The van der Waals surface area contributed by atoms with Crippen LogP contribution in [-0.2, 0) is 0 Å². The molecule has 0 aliphatic heterocycles. The minimum atomic E-state index is -0.113. The zero-order valence-electron chi connectivity index (χ0n) is 11.7. The Morgan fingerprint density at radius 3 is 2.85 bits per heavy atom. The first kappa shape index (κ1) is 13.7. The minimum Gasteiger partial charge on any atom is -0.399 e. The number of benzene rings is 1. The van der Waals surface area contributed by atoms with E-state index in [0.717, 1.165) is 11.8 Å². The SMILES string of the molecule is CC(NC(=O)c1cc(N)ccc1Cl)C1CC2CCC1C2. The van der Waals surface area contributed by atoms with E-state index in [9.17, 15) is 4.79 Å². The molecule has 20 heavy (non-hydrogen) atoms. The fourth-order valence-electron chi connectivity index (χ4n) is 4.01. The number of nitrogens with two attached hydrogens (primary N) is 1. The summed E-state index contributed by atoms with van der Waals surface area (Å²) in [4.78, 5) is 12.3. The van der Waals surface area contributed by atoms with Crippen LogP contribution in [0.2, 0.25) is 5.02 Å². The summed E-state index contributed by atoms with van der Waals surface area (Å²) in [6.45, 7) is 2.11. The number of amides is 1. The van der Waals surface area contributed by atoms with Gasteiger partial charge in [-0.05, 0) is 62.1 Å². The van der Waals surface area contributed by atoms with E-state index in [0.29, 0.717) is 22.2 Å². The maximum atomic E-state index is 12.3. The second-order valence-corrected chi connectivity index (χ2v) is 6.75. The summed E-state index contributed by atoms with van der Waals surface area (Å²) >= 11 is 6.08. The molecule has 0 aromatic heterocycles.